The zero-order chi connectivity index (χ0) is 10.8. The Labute approximate surface area is 93.8 Å². The molecular formula is C14H10O2. The van der Waals surface area contributed by atoms with Gasteiger partial charge >= 0.3 is 5.95 Å². The van der Waals surface area contributed by atoms with Gasteiger partial charge in [0, 0.05) is 5.56 Å². The van der Waals surface area contributed by atoms with E-state index < -0.39 is 0 Å². The molecule has 1 aliphatic rings. The second-order valence-electron chi connectivity index (χ2n) is 3.50. The van der Waals surface area contributed by atoms with Crippen molar-refractivity contribution in [2.75, 3.05) is 0 Å². The topological polar surface area (TPSA) is 21.8 Å². The van der Waals surface area contributed by atoms with Crippen LogP contribution in [-0.2, 0) is 4.74 Å². The first kappa shape index (κ1) is 9.04. The van der Waals surface area contributed by atoms with Crippen LogP contribution >= 0.6 is 0 Å². The molecule has 3 rings (SSSR count). The van der Waals surface area contributed by atoms with E-state index >= 15 is 0 Å². The van der Waals surface area contributed by atoms with Crippen molar-refractivity contribution >= 4 is 5.76 Å². The quantitative estimate of drug-likeness (QED) is 0.774. The maximum absolute atomic E-state index is 5.55. The normalized spacial score (nSPS) is 13.2. The fraction of sp³-hybridized carbons (Fsp3) is 0. The lowest BCUT2D eigenvalue weighted by molar-refractivity contribution is 0.302. The second-order valence-corrected chi connectivity index (χ2v) is 3.50. The van der Waals surface area contributed by atoms with Gasteiger partial charge in [0.1, 0.15) is 5.75 Å². The molecule has 0 spiro atoms. The minimum Gasteiger partial charge on any atom is -0.423 e. The first-order valence-electron chi connectivity index (χ1n) is 5.14. The fourth-order valence-electron chi connectivity index (χ4n) is 1.50. The summed E-state index contributed by atoms with van der Waals surface area (Å²) < 4.78 is 10.9. The van der Waals surface area contributed by atoms with Crippen LogP contribution < -0.4 is 4.74 Å². The van der Waals surface area contributed by atoms with Crippen LogP contribution in [0.15, 0.2) is 66.6 Å². The van der Waals surface area contributed by atoms with Crippen molar-refractivity contribution in [2.24, 2.45) is 0 Å². The summed E-state index contributed by atoms with van der Waals surface area (Å²) in [6.45, 7) is 0. The lowest BCUT2D eigenvalue weighted by Gasteiger charge is -1.95. The van der Waals surface area contributed by atoms with Crippen LogP contribution in [0.4, 0.5) is 0 Å². The minimum absolute atomic E-state index is 0.595. The van der Waals surface area contributed by atoms with Gasteiger partial charge in [-0.3, -0.25) is 0 Å². The molecule has 0 aromatic heterocycles. The minimum atomic E-state index is 0.595. The molecule has 2 aromatic carbocycles. The molecule has 0 fully saturated rings. The highest BCUT2D eigenvalue weighted by atomic mass is 16.7. The van der Waals surface area contributed by atoms with E-state index in [1.54, 1.807) is 0 Å². The Bertz CT molecular complexity index is 515. The molecule has 0 radical (unpaired) electrons. The van der Waals surface area contributed by atoms with Crippen molar-refractivity contribution in [3.63, 3.8) is 0 Å². The predicted octanol–water partition coefficient (Wildman–Crippen LogP) is 3.42. The Morgan fingerprint density at radius 1 is 0.750 bits per heavy atom. The fourth-order valence-corrected chi connectivity index (χ4v) is 1.50. The van der Waals surface area contributed by atoms with Crippen LogP contribution in [0, 0.1) is 0 Å². The molecule has 0 N–H and O–H groups in total. The number of benzene rings is 2. The monoisotopic (exact) mass is 210 g/mol. The predicted molar refractivity (Wildman–Crippen MR) is 61.5 cm³/mol. The lowest BCUT2D eigenvalue weighted by Crippen LogP contribution is -1.83. The van der Waals surface area contributed by atoms with Gasteiger partial charge in [-0.2, -0.15) is 0 Å². The molecular weight excluding hydrogens is 200 g/mol. The number of rotatable bonds is 3. The summed E-state index contributed by atoms with van der Waals surface area (Å²) >= 11 is 0. The summed E-state index contributed by atoms with van der Waals surface area (Å²) in [4.78, 5) is 0. The van der Waals surface area contributed by atoms with Crippen LogP contribution in [-0.4, -0.2) is 0 Å². The summed E-state index contributed by atoms with van der Waals surface area (Å²) in [7, 11) is 0. The highest BCUT2D eigenvalue weighted by molar-refractivity contribution is 5.70. The Kier molecular flexibility index (Phi) is 2.11. The van der Waals surface area contributed by atoms with E-state index in [0.717, 1.165) is 17.1 Å². The van der Waals surface area contributed by atoms with E-state index in [0.29, 0.717) is 5.95 Å². The van der Waals surface area contributed by atoms with E-state index in [-0.39, 0.29) is 0 Å². The third-order valence-electron chi connectivity index (χ3n) is 2.33. The maximum atomic E-state index is 5.55. The van der Waals surface area contributed by atoms with Gasteiger partial charge in [-0.15, -0.1) is 0 Å². The molecule has 0 bridgehead atoms. The molecule has 0 saturated heterocycles. The van der Waals surface area contributed by atoms with Crippen molar-refractivity contribution in [1.29, 1.82) is 0 Å². The van der Waals surface area contributed by atoms with Gasteiger partial charge in [0.15, 0.2) is 0 Å². The van der Waals surface area contributed by atoms with Gasteiger partial charge in [0.05, 0.1) is 0 Å². The van der Waals surface area contributed by atoms with Gasteiger partial charge in [-0.1, -0.05) is 48.5 Å². The molecule has 2 aromatic rings. The Hall–Kier alpha value is -2.22. The van der Waals surface area contributed by atoms with Crippen LogP contribution in [0.5, 0.6) is 5.75 Å². The van der Waals surface area contributed by atoms with Gasteiger partial charge in [0.25, 0.3) is 0 Å². The zero-order valence-corrected chi connectivity index (χ0v) is 8.59. The Balaban J connectivity index is 1.78. The first-order chi connectivity index (χ1) is 7.93. The molecule has 0 aliphatic carbocycles. The van der Waals surface area contributed by atoms with Crippen molar-refractivity contribution in [2.45, 2.75) is 0 Å². The molecule has 16 heavy (non-hydrogen) atoms. The summed E-state index contributed by atoms with van der Waals surface area (Å²) in [6.07, 6.45) is 0. The lowest BCUT2D eigenvalue weighted by atomic mass is 10.2. The summed E-state index contributed by atoms with van der Waals surface area (Å²) in [5.41, 5.74) is 1.05. The van der Waals surface area contributed by atoms with E-state index in [9.17, 15) is 0 Å². The molecule has 0 unspecified atom stereocenters. The number of para-hydroxylation sites is 1. The Morgan fingerprint density at radius 3 is 2.06 bits per heavy atom. The first-order valence-corrected chi connectivity index (χ1v) is 5.14. The highest BCUT2D eigenvalue weighted by Crippen LogP contribution is 2.36. The van der Waals surface area contributed by atoms with Crippen molar-refractivity contribution in [3.8, 4) is 5.75 Å². The van der Waals surface area contributed by atoms with Crippen LogP contribution in [0.25, 0.3) is 5.76 Å². The van der Waals surface area contributed by atoms with Crippen LogP contribution in [0.2, 0.25) is 0 Å². The van der Waals surface area contributed by atoms with Crippen molar-refractivity contribution < 1.29 is 9.47 Å². The van der Waals surface area contributed by atoms with E-state index in [1.165, 1.54) is 0 Å². The Morgan fingerprint density at radius 2 is 1.38 bits per heavy atom. The molecule has 78 valence electrons. The average Bonchev–Trinajstić information content (AvgIpc) is 3.11. The molecule has 2 nitrogen and oxygen atoms in total. The van der Waals surface area contributed by atoms with E-state index in [1.807, 2.05) is 60.7 Å². The number of hydrogen-bond acceptors (Lipinski definition) is 2. The smallest absolute Gasteiger partial charge is 0.336 e. The number of hydrogen-bond donors (Lipinski definition) is 0. The molecule has 0 saturated carbocycles. The average molecular weight is 210 g/mol. The van der Waals surface area contributed by atoms with Gasteiger partial charge < -0.3 is 9.47 Å². The summed E-state index contributed by atoms with van der Waals surface area (Å²) in [6, 6.07) is 19.5. The molecule has 0 atom stereocenters. The van der Waals surface area contributed by atoms with Crippen molar-refractivity contribution in [3.05, 3.63) is 72.2 Å². The second kappa shape index (κ2) is 3.74. The zero-order valence-electron chi connectivity index (χ0n) is 8.59. The standard InChI is InChI=1S/C14H10O2/c1-3-7-11(8-4-1)13-14(16-13)15-12-9-5-2-6-10-12/h1-10H. The van der Waals surface area contributed by atoms with E-state index in [2.05, 4.69) is 0 Å². The molecule has 0 amide bonds. The van der Waals surface area contributed by atoms with Gasteiger partial charge in [-0.05, 0) is 12.1 Å². The highest BCUT2D eigenvalue weighted by Gasteiger charge is 2.29. The summed E-state index contributed by atoms with van der Waals surface area (Å²) in [5.74, 6) is 2.21. The molecule has 1 aliphatic heterocycles. The largest absolute Gasteiger partial charge is 0.423 e. The molecule has 2 heteroatoms. The van der Waals surface area contributed by atoms with Crippen LogP contribution in [0.3, 0.4) is 0 Å². The SMILES string of the molecule is c1ccc(OC2=C(c3ccccc3)O2)cc1. The van der Waals surface area contributed by atoms with Crippen LogP contribution in [0.1, 0.15) is 5.56 Å². The maximum Gasteiger partial charge on any atom is 0.336 e. The third-order valence-corrected chi connectivity index (χ3v) is 2.33. The van der Waals surface area contributed by atoms with E-state index in [4.69, 9.17) is 9.47 Å². The molecule has 1 heterocycles. The van der Waals surface area contributed by atoms with Gasteiger partial charge in [-0.25, -0.2) is 0 Å². The summed E-state index contributed by atoms with van der Waals surface area (Å²) in [5, 5.41) is 0. The van der Waals surface area contributed by atoms with Crippen molar-refractivity contribution in [1.82, 2.24) is 0 Å². The number of ether oxygens (including phenoxy) is 2. The third kappa shape index (κ3) is 1.77. The van der Waals surface area contributed by atoms with Gasteiger partial charge in [0.2, 0.25) is 5.76 Å².